The summed E-state index contributed by atoms with van der Waals surface area (Å²) in [7, 11) is 0. The molecule has 0 atom stereocenters. The van der Waals surface area contributed by atoms with E-state index in [-0.39, 0.29) is 5.91 Å². The van der Waals surface area contributed by atoms with E-state index in [2.05, 4.69) is 16.4 Å². The van der Waals surface area contributed by atoms with E-state index in [1.54, 1.807) is 11.6 Å². The maximum Gasteiger partial charge on any atom is 0.246 e. The van der Waals surface area contributed by atoms with Crippen LogP contribution in [0, 0.1) is 16.7 Å². The van der Waals surface area contributed by atoms with E-state index >= 15 is 0 Å². The number of amides is 1. The van der Waals surface area contributed by atoms with Crippen LogP contribution in [0.25, 0.3) is 0 Å². The fraction of sp³-hybridized carbons (Fsp3) is 0.500. The van der Waals surface area contributed by atoms with Crippen LogP contribution >= 0.6 is 11.3 Å². The average molecular weight is 221 g/mol. The standard InChI is InChI=1S/C10H11N3OS/c11-7-10(3-1-2-4-10)8(14)13-9-12-5-6-15-9/h5-6H,1-4H2,(H,12,13,14). The maximum absolute atomic E-state index is 11.9. The van der Waals surface area contributed by atoms with Gasteiger partial charge in [0.2, 0.25) is 5.91 Å². The summed E-state index contributed by atoms with van der Waals surface area (Å²) in [6.45, 7) is 0. The summed E-state index contributed by atoms with van der Waals surface area (Å²) in [5.74, 6) is -0.197. The van der Waals surface area contributed by atoms with Gasteiger partial charge in [0, 0.05) is 11.6 Å². The van der Waals surface area contributed by atoms with Crippen molar-refractivity contribution in [3.63, 3.8) is 0 Å². The van der Waals surface area contributed by atoms with Gasteiger partial charge in [0.25, 0.3) is 0 Å². The van der Waals surface area contributed by atoms with E-state index in [1.807, 2.05) is 0 Å². The number of rotatable bonds is 2. The van der Waals surface area contributed by atoms with Crippen LogP contribution in [0.15, 0.2) is 11.6 Å². The Kier molecular flexibility index (Phi) is 2.69. The number of anilines is 1. The Bertz CT molecular complexity index is 387. The lowest BCUT2D eigenvalue weighted by molar-refractivity contribution is -0.122. The number of nitriles is 1. The van der Waals surface area contributed by atoms with Crippen LogP contribution in [-0.4, -0.2) is 10.9 Å². The van der Waals surface area contributed by atoms with E-state index in [9.17, 15) is 4.79 Å². The largest absolute Gasteiger partial charge is 0.301 e. The van der Waals surface area contributed by atoms with E-state index in [4.69, 9.17) is 5.26 Å². The molecule has 1 aliphatic rings. The quantitative estimate of drug-likeness (QED) is 0.832. The van der Waals surface area contributed by atoms with Crippen LogP contribution in [0.2, 0.25) is 0 Å². The van der Waals surface area contributed by atoms with Gasteiger partial charge in [0.15, 0.2) is 5.13 Å². The summed E-state index contributed by atoms with van der Waals surface area (Å²) in [6.07, 6.45) is 4.88. The molecule has 1 fully saturated rings. The highest BCUT2D eigenvalue weighted by Gasteiger charge is 2.41. The molecule has 1 saturated carbocycles. The highest BCUT2D eigenvalue weighted by atomic mass is 32.1. The van der Waals surface area contributed by atoms with E-state index in [1.165, 1.54) is 11.3 Å². The molecule has 1 aromatic rings. The SMILES string of the molecule is N#CC1(C(=O)Nc2nccs2)CCCC1. The summed E-state index contributed by atoms with van der Waals surface area (Å²) in [4.78, 5) is 15.9. The predicted molar refractivity (Wildman–Crippen MR) is 57.3 cm³/mol. The second kappa shape index (κ2) is 3.99. The minimum atomic E-state index is -0.814. The monoisotopic (exact) mass is 221 g/mol. The molecule has 0 aliphatic heterocycles. The lowest BCUT2D eigenvalue weighted by Gasteiger charge is -2.17. The number of hydrogen-bond acceptors (Lipinski definition) is 4. The topological polar surface area (TPSA) is 65.8 Å². The molecule has 4 nitrogen and oxygen atoms in total. The highest BCUT2D eigenvalue weighted by Crippen LogP contribution is 2.38. The molecule has 1 aromatic heterocycles. The first-order chi connectivity index (χ1) is 7.27. The molecule has 0 aromatic carbocycles. The molecule has 78 valence electrons. The number of thiazole rings is 1. The predicted octanol–water partition coefficient (Wildman–Crippen LogP) is 2.17. The van der Waals surface area contributed by atoms with Crippen molar-refractivity contribution in [2.75, 3.05) is 5.32 Å². The first-order valence-electron chi connectivity index (χ1n) is 4.89. The van der Waals surface area contributed by atoms with E-state index in [0.29, 0.717) is 18.0 Å². The van der Waals surface area contributed by atoms with Gasteiger partial charge in [-0.3, -0.25) is 4.79 Å². The third-order valence-electron chi connectivity index (χ3n) is 2.76. The van der Waals surface area contributed by atoms with Crippen molar-refractivity contribution < 1.29 is 4.79 Å². The number of carbonyl (C=O) groups excluding carboxylic acids is 1. The van der Waals surface area contributed by atoms with Gasteiger partial charge in [-0.2, -0.15) is 5.26 Å². The molecular weight excluding hydrogens is 210 g/mol. The molecule has 2 rings (SSSR count). The van der Waals surface area contributed by atoms with Crippen LogP contribution in [0.1, 0.15) is 25.7 Å². The van der Waals surface area contributed by atoms with Crippen LogP contribution in [0.4, 0.5) is 5.13 Å². The van der Waals surface area contributed by atoms with Gasteiger partial charge in [-0.15, -0.1) is 11.3 Å². The number of hydrogen-bond donors (Lipinski definition) is 1. The Hall–Kier alpha value is -1.41. The van der Waals surface area contributed by atoms with Crippen molar-refractivity contribution in [3.8, 4) is 6.07 Å². The Morgan fingerprint density at radius 1 is 1.60 bits per heavy atom. The third-order valence-corrected chi connectivity index (χ3v) is 3.45. The lowest BCUT2D eigenvalue weighted by Crippen LogP contribution is -2.32. The zero-order chi connectivity index (χ0) is 10.7. The normalized spacial score (nSPS) is 18.3. The molecule has 1 heterocycles. The molecule has 1 N–H and O–H groups in total. The molecule has 15 heavy (non-hydrogen) atoms. The van der Waals surface area contributed by atoms with Crippen molar-refractivity contribution in [2.24, 2.45) is 5.41 Å². The molecule has 0 radical (unpaired) electrons. The minimum Gasteiger partial charge on any atom is -0.301 e. The maximum atomic E-state index is 11.9. The van der Waals surface area contributed by atoms with Crippen molar-refractivity contribution >= 4 is 22.4 Å². The number of carbonyl (C=O) groups is 1. The van der Waals surface area contributed by atoms with Gasteiger partial charge in [0.05, 0.1) is 6.07 Å². The molecule has 0 spiro atoms. The second-order valence-electron chi connectivity index (χ2n) is 3.69. The third kappa shape index (κ3) is 1.85. The molecule has 1 aliphatic carbocycles. The lowest BCUT2D eigenvalue weighted by atomic mass is 9.87. The van der Waals surface area contributed by atoms with Crippen molar-refractivity contribution in [1.29, 1.82) is 5.26 Å². The molecule has 0 saturated heterocycles. The number of aromatic nitrogens is 1. The van der Waals surface area contributed by atoms with Crippen LogP contribution in [-0.2, 0) is 4.79 Å². The Morgan fingerprint density at radius 3 is 2.87 bits per heavy atom. The van der Waals surface area contributed by atoms with Crippen LogP contribution in [0.3, 0.4) is 0 Å². The van der Waals surface area contributed by atoms with Crippen molar-refractivity contribution in [2.45, 2.75) is 25.7 Å². The van der Waals surface area contributed by atoms with Gasteiger partial charge in [-0.1, -0.05) is 12.8 Å². The number of nitrogens with one attached hydrogen (secondary N) is 1. The summed E-state index contributed by atoms with van der Waals surface area (Å²) in [5, 5.41) is 14.2. The molecule has 0 unspecified atom stereocenters. The molecular formula is C10H11N3OS. The van der Waals surface area contributed by atoms with Gasteiger partial charge in [-0.05, 0) is 12.8 Å². The summed E-state index contributed by atoms with van der Waals surface area (Å²) >= 11 is 1.37. The van der Waals surface area contributed by atoms with Crippen LogP contribution in [0.5, 0.6) is 0 Å². The van der Waals surface area contributed by atoms with E-state index in [0.717, 1.165) is 12.8 Å². The molecule has 1 amide bonds. The molecule has 5 heteroatoms. The zero-order valence-electron chi connectivity index (χ0n) is 8.19. The zero-order valence-corrected chi connectivity index (χ0v) is 9.01. The molecule has 0 bridgehead atoms. The summed E-state index contributed by atoms with van der Waals surface area (Å²) < 4.78 is 0. The van der Waals surface area contributed by atoms with Gasteiger partial charge >= 0.3 is 0 Å². The second-order valence-corrected chi connectivity index (χ2v) is 4.59. The highest BCUT2D eigenvalue weighted by molar-refractivity contribution is 7.13. The average Bonchev–Trinajstić information content (AvgIpc) is 2.87. The van der Waals surface area contributed by atoms with Crippen molar-refractivity contribution in [1.82, 2.24) is 4.98 Å². The minimum absolute atomic E-state index is 0.197. The fourth-order valence-electron chi connectivity index (χ4n) is 1.87. The Labute approximate surface area is 91.9 Å². The van der Waals surface area contributed by atoms with Gasteiger partial charge in [-0.25, -0.2) is 4.98 Å². The summed E-state index contributed by atoms with van der Waals surface area (Å²) in [6, 6.07) is 2.15. The Balaban J connectivity index is 2.10. The number of nitrogens with zero attached hydrogens (tertiary/aromatic N) is 2. The Morgan fingerprint density at radius 2 is 2.33 bits per heavy atom. The van der Waals surface area contributed by atoms with Crippen LogP contribution < -0.4 is 5.32 Å². The first-order valence-corrected chi connectivity index (χ1v) is 5.77. The smallest absolute Gasteiger partial charge is 0.246 e. The summed E-state index contributed by atoms with van der Waals surface area (Å²) in [5.41, 5.74) is -0.814. The fourth-order valence-corrected chi connectivity index (χ4v) is 2.39. The van der Waals surface area contributed by atoms with Gasteiger partial charge in [0.1, 0.15) is 5.41 Å². The first kappa shape index (κ1) is 10.1. The van der Waals surface area contributed by atoms with Gasteiger partial charge < -0.3 is 5.32 Å². The van der Waals surface area contributed by atoms with E-state index < -0.39 is 5.41 Å². The van der Waals surface area contributed by atoms with Crippen molar-refractivity contribution in [3.05, 3.63) is 11.6 Å².